The molecule has 0 aliphatic heterocycles. The van der Waals surface area contributed by atoms with Crippen molar-refractivity contribution in [2.45, 2.75) is 0 Å². The van der Waals surface area contributed by atoms with Gasteiger partial charge in [0.15, 0.2) is 0 Å². The first kappa shape index (κ1) is 14.7. The number of hydrogen-bond donors (Lipinski definition) is 1. The van der Waals surface area contributed by atoms with Crippen LogP contribution in [0.3, 0.4) is 0 Å². The van der Waals surface area contributed by atoms with Gasteiger partial charge in [0.25, 0.3) is 0 Å². The van der Waals surface area contributed by atoms with E-state index >= 15 is 0 Å². The third-order valence-electron chi connectivity index (χ3n) is 5.98. The Labute approximate surface area is 164 Å². The molecule has 7 rings (SSSR count). The zero-order valence-corrected chi connectivity index (χ0v) is 15.8. The van der Waals surface area contributed by atoms with Crippen LogP contribution in [0.25, 0.3) is 63.5 Å². The molecule has 0 spiro atoms. The van der Waals surface area contributed by atoms with Gasteiger partial charge in [-0.25, -0.2) is 0 Å². The molecule has 0 amide bonds. The maximum atomic E-state index is 3.59. The Hall–Kier alpha value is -3.36. The molecule has 1 N–H and O–H groups in total. The SMILES string of the molecule is c1ccc2c(c1)ccc1ccc3sc4c(ccc5[nH]c6ccccc6c54)c3c12. The van der Waals surface area contributed by atoms with Crippen LogP contribution in [0, 0.1) is 0 Å². The monoisotopic (exact) mass is 373 g/mol. The van der Waals surface area contributed by atoms with E-state index in [1.807, 2.05) is 11.3 Å². The molecule has 7 aromatic rings. The zero-order chi connectivity index (χ0) is 18.2. The van der Waals surface area contributed by atoms with Crippen molar-refractivity contribution < 1.29 is 0 Å². The average molecular weight is 373 g/mol. The van der Waals surface area contributed by atoms with Gasteiger partial charge in [-0.2, -0.15) is 0 Å². The lowest BCUT2D eigenvalue weighted by Gasteiger charge is -2.06. The van der Waals surface area contributed by atoms with Gasteiger partial charge in [0.2, 0.25) is 0 Å². The Bertz CT molecular complexity index is 1720. The van der Waals surface area contributed by atoms with Gasteiger partial charge in [0.05, 0.1) is 0 Å². The van der Waals surface area contributed by atoms with Crippen molar-refractivity contribution in [1.82, 2.24) is 4.98 Å². The van der Waals surface area contributed by atoms with E-state index in [1.165, 1.54) is 63.5 Å². The summed E-state index contributed by atoms with van der Waals surface area (Å²) in [5.74, 6) is 0. The summed E-state index contributed by atoms with van der Waals surface area (Å²) in [5, 5.41) is 10.7. The summed E-state index contributed by atoms with van der Waals surface area (Å²) >= 11 is 1.91. The minimum absolute atomic E-state index is 1.21. The number of H-pyrrole nitrogens is 1. The second kappa shape index (κ2) is 5.12. The average Bonchev–Trinajstić information content (AvgIpc) is 3.31. The third-order valence-corrected chi connectivity index (χ3v) is 7.16. The van der Waals surface area contributed by atoms with Crippen molar-refractivity contribution in [2.75, 3.05) is 0 Å². The van der Waals surface area contributed by atoms with Gasteiger partial charge in [-0.05, 0) is 39.7 Å². The number of aromatic amines is 1. The van der Waals surface area contributed by atoms with Crippen LogP contribution in [-0.4, -0.2) is 4.98 Å². The number of thiophene rings is 1. The Balaban J connectivity index is 1.80. The largest absolute Gasteiger partial charge is 0.354 e. The minimum atomic E-state index is 1.21. The van der Waals surface area contributed by atoms with Gasteiger partial charge in [0.1, 0.15) is 0 Å². The summed E-state index contributed by atoms with van der Waals surface area (Å²) in [6.07, 6.45) is 0. The zero-order valence-electron chi connectivity index (χ0n) is 15.0. The minimum Gasteiger partial charge on any atom is -0.354 e. The number of rotatable bonds is 0. The van der Waals surface area contributed by atoms with Gasteiger partial charge in [-0.15, -0.1) is 11.3 Å². The molecule has 2 aromatic heterocycles. The highest BCUT2D eigenvalue weighted by Gasteiger charge is 2.15. The summed E-state index contributed by atoms with van der Waals surface area (Å²) in [4.78, 5) is 3.59. The summed E-state index contributed by atoms with van der Waals surface area (Å²) in [5.41, 5.74) is 2.42. The van der Waals surface area contributed by atoms with E-state index in [1.54, 1.807) is 0 Å². The first-order valence-electron chi connectivity index (χ1n) is 9.54. The predicted molar refractivity (Wildman–Crippen MR) is 124 cm³/mol. The molecule has 2 heteroatoms. The molecule has 0 fully saturated rings. The van der Waals surface area contributed by atoms with Crippen molar-refractivity contribution in [2.24, 2.45) is 0 Å². The molecule has 28 heavy (non-hydrogen) atoms. The molecule has 0 aliphatic carbocycles. The highest BCUT2D eigenvalue weighted by molar-refractivity contribution is 7.27. The van der Waals surface area contributed by atoms with E-state index in [-0.39, 0.29) is 0 Å². The summed E-state index contributed by atoms with van der Waals surface area (Å²) in [6, 6.07) is 30.9. The Morgan fingerprint density at radius 3 is 2.25 bits per heavy atom. The molecule has 5 aromatic carbocycles. The maximum Gasteiger partial charge on any atom is 0.0479 e. The third kappa shape index (κ3) is 1.76. The van der Waals surface area contributed by atoms with Gasteiger partial charge >= 0.3 is 0 Å². The quantitative estimate of drug-likeness (QED) is 0.259. The predicted octanol–water partition coefficient (Wildman–Crippen LogP) is 8.00. The van der Waals surface area contributed by atoms with E-state index in [4.69, 9.17) is 0 Å². The first-order chi connectivity index (χ1) is 13.9. The molecule has 0 radical (unpaired) electrons. The lowest BCUT2D eigenvalue weighted by molar-refractivity contribution is 1.55. The highest BCUT2D eigenvalue weighted by Crippen LogP contribution is 2.45. The molecule has 130 valence electrons. The van der Waals surface area contributed by atoms with E-state index < -0.39 is 0 Å². The van der Waals surface area contributed by atoms with Crippen LogP contribution >= 0.6 is 11.3 Å². The summed E-state index contributed by atoms with van der Waals surface area (Å²) in [6.45, 7) is 0. The molecule has 0 aliphatic rings. The van der Waals surface area contributed by atoms with E-state index in [2.05, 4.69) is 89.9 Å². The standard InChI is InChI=1S/C26H15NS/c1-2-6-17-15(5-1)9-10-16-11-14-22-25(23(16)17)19-12-13-21-24(26(19)28-22)18-7-3-4-8-20(18)27-21/h1-14,27H. The van der Waals surface area contributed by atoms with Gasteiger partial charge in [0, 0.05) is 42.0 Å². The molecule has 0 bridgehead atoms. The second-order valence-corrected chi connectivity index (χ2v) is 8.51. The first-order valence-corrected chi connectivity index (χ1v) is 10.4. The van der Waals surface area contributed by atoms with E-state index in [9.17, 15) is 0 Å². The van der Waals surface area contributed by atoms with Gasteiger partial charge in [-0.3, -0.25) is 0 Å². The molecule has 0 atom stereocenters. The fraction of sp³-hybridized carbons (Fsp3) is 0. The van der Waals surface area contributed by atoms with Crippen LogP contribution in [-0.2, 0) is 0 Å². The van der Waals surface area contributed by atoms with Crippen LogP contribution in [0.2, 0.25) is 0 Å². The van der Waals surface area contributed by atoms with Crippen molar-refractivity contribution in [3.8, 4) is 0 Å². The molecule has 1 nitrogen and oxygen atoms in total. The number of para-hydroxylation sites is 1. The van der Waals surface area contributed by atoms with Crippen LogP contribution in [0.15, 0.2) is 84.9 Å². The highest BCUT2D eigenvalue weighted by atomic mass is 32.1. The lowest BCUT2D eigenvalue weighted by atomic mass is 9.97. The molecule has 0 unspecified atom stereocenters. The molecule has 2 heterocycles. The topological polar surface area (TPSA) is 15.8 Å². The van der Waals surface area contributed by atoms with E-state index in [0.29, 0.717) is 0 Å². The Morgan fingerprint density at radius 2 is 1.29 bits per heavy atom. The lowest BCUT2D eigenvalue weighted by Crippen LogP contribution is -1.79. The Morgan fingerprint density at radius 1 is 0.500 bits per heavy atom. The van der Waals surface area contributed by atoms with Gasteiger partial charge in [-0.1, -0.05) is 66.7 Å². The van der Waals surface area contributed by atoms with Crippen molar-refractivity contribution >= 4 is 74.9 Å². The molecule has 0 saturated heterocycles. The van der Waals surface area contributed by atoms with Crippen LogP contribution in [0.5, 0.6) is 0 Å². The molecular formula is C26H15NS. The van der Waals surface area contributed by atoms with Crippen molar-refractivity contribution in [3.63, 3.8) is 0 Å². The molecular weight excluding hydrogens is 358 g/mol. The fourth-order valence-electron chi connectivity index (χ4n) is 4.75. The second-order valence-electron chi connectivity index (χ2n) is 7.46. The van der Waals surface area contributed by atoms with E-state index in [0.717, 1.165) is 0 Å². The number of nitrogens with one attached hydrogen (secondary N) is 1. The van der Waals surface area contributed by atoms with Crippen LogP contribution < -0.4 is 0 Å². The summed E-state index contributed by atoms with van der Waals surface area (Å²) in [7, 11) is 0. The summed E-state index contributed by atoms with van der Waals surface area (Å²) < 4.78 is 2.74. The number of benzene rings is 5. The number of hydrogen-bond acceptors (Lipinski definition) is 1. The molecule has 0 saturated carbocycles. The van der Waals surface area contributed by atoms with Gasteiger partial charge < -0.3 is 4.98 Å². The van der Waals surface area contributed by atoms with Crippen molar-refractivity contribution in [1.29, 1.82) is 0 Å². The number of aromatic nitrogens is 1. The van der Waals surface area contributed by atoms with Crippen LogP contribution in [0.4, 0.5) is 0 Å². The van der Waals surface area contributed by atoms with Crippen molar-refractivity contribution in [3.05, 3.63) is 84.9 Å². The fourth-order valence-corrected chi connectivity index (χ4v) is 6.03. The maximum absolute atomic E-state index is 3.59. The normalized spacial score (nSPS) is 12.3. The smallest absolute Gasteiger partial charge is 0.0479 e. The van der Waals surface area contributed by atoms with Crippen LogP contribution in [0.1, 0.15) is 0 Å². The Kier molecular flexibility index (Phi) is 2.68. The number of fused-ring (bicyclic) bond motifs is 11.